The molecule has 186 valence electrons. The van der Waals surface area contributed by atoms with Crippen LogP contribution < -0.4 is 10.6 Å². The third-order valence-corrected chi connectivity index (χ3v) is 6.57. The van der Waals surface area contributed by atoms with E-state index in [2.05, 4.69) is 30.8 Å². The van der Waals surface area contributed by atoms with E-state index in [0.717, 1.165) is 35.3 Å². The number of halogens is 1. The fraction of sp³-hybridized carbons (Fsp3) is 0.375. The van der Waals surface area contributed by atoms with Crippen LogP contribution in [0.25, 0.3) is 16.8 Å². The van der Waals surface area contributed by atoms with Gasteiger partial charge in [-0.3, -0.25) is 14.5 Å². The molecule has 4 aromatic heterocycles. The number of imidazole rings is 1. The fourth-order valence-corrected chi connectivity index (χ4v) is 4.35. The van der Waals surface area contributed by atoms with Gasteiger partial charge in [-0.15, -0.1) is 0 Å². The minimum Gasteiger partial charge on any atom is -0.441 e. The van der Waals surface area contributed by atoms with Crippen LogP contribution in [0.3, 0.4) is 0 Å². The number of hydrogen-bond acceptors (Lipinski definition) is 8. The first kappa shape index (κ1) is 22.4. The maximum absolute atomic E-state index is 15.1. The highest BCUT2D eigenvalue weighted by atomic mass is 19.1. The molecule has 1 aliphatic heterocycles. The molecule has 12 heteroatoms. The Hall–Kier alpha value is -4.06. The number of nitrogens with one attached hydrogen (secondary N) is 3. The molecule has 4 aromatic rings. The first-order chi connectivity index (χ1) is 17.4. The summed E-state index contributed by atoms with van der Waals surface area (Å²) in [4.78, 5) is 25.5. The molecule has 5 heterocycles. The number of aryl methyl sites for hydroxylation is 1. The molecule has 36 heavy (non-hydrogen) atoms. The van der Waals surface area contributed by atoms with Crippen molar-refractivity contribution in [3.8, 4) is 11.1 Å². The maximum atomic E-state index is 15.1. The molecule has 11 nitrogen and oxygen atoms in total. The van der Waals surface area contributed by atoms with E-state index in [9.17, 15) is 4.79 Å². The third-order valence-electron chi connectivity index (χ3n) is 6.57. The Balaban J connectivity index is 1.18. The number of carbonyl (C=O) groups is 1. The van der Waals surface area contributed by atoms with Crippen LogP contribution in [0.15, 0.2) is 43.0 Å². The van der Waals surface area contributed by atoms with Gasteiger partial charge in [-0.1, -0.05) is 6.07 Å². The van der Waals surface area contributed by atoms with Crippen LogP contribution in [-0.2, 0) is 9.47 Å². The molecule has 0 bridgehead atoms. The quantitative estimate of drug-likeness (QED) is 0.372. The zero-order chi connectivity index (χ0) is 24.9. The summed E-state index contributed by atoms with van der Waals surface area (Å²) >= 11 is 0. The zero-order valence-electron chi connectivity index (χ0n) is 19.7. The van der Waals surface area contributed by atoms with Crippen LogP contribution in [0.1, 0.15) is 37.3 Å². The zero-order valence-corrected chi connectivity index (χ0v) is 19.7. The van der Waals surface area contributed by atoms with Crippen molar-refractivity contribution in [3.05, 3.63) is 54.4 Å². The van der Waals surface area contributed by atoms with Gasteiger partial charge in [0.05, 0.1) is 18.0 Å². The van der Waals surface area contributed by atoms with E-state index in [-0.39, 0.29) is 12.1 Å². The molecule has 1 aliphatic carbocycles. The number of carbonyl (C=O) groups excluding carboxylic acids is 1. The lowest BCUT2D eigenvalue weighted by Gasteiger charge is -2.17. The normalized spacial score (nSPS) is 22.5. The van der Waals surface area contributed by atoms with Gasteiger partial charge < -0.3 is 20.1 Å². The number of nitrogens with zero attached hydrogens (tertiary/aromatic N) is 5. The summed E-state index contributed by atoms with van der Waals surface area (Å²) < 4.78 is 27.8. The van der Waals surface area contributed by atoms with Crippen LogP contribution in [-0.4, -0.2) is 60.1 Å². The minimum absolute atomic E-state index is 0.0377. The number of fused-ring (bicyclic) bond motifs is 1. The molecule has 0 spiro atoms. The highest BCUT2D eigenvalue weighted by molar-refractivity contribution is 5.80. The SMILES string of the molecule is Cc1nc(Nc2cc([C@@H]3OC[C@H](OC(=O)NC4(C)CC4)[C@@H]3F)[nH]n2)n2ccnc2c1-c1cccnc1. The second kappa shape index (κ2) is 8.55. The fourth-order valence-electron chi connectivity index (χ4n) is 4.35. The van der Waals surface area contributed by atoms with Crippen LogP contribution in [0.2, 0.25) is 0 Å². The number of anilines is 2. The Morgan fingerprint density at radius 1 is 1.36 bits per heavy atom. The lowest BCUT2D eigenvalue weighted by atomic mass is 10.1. The van der Waals surface area contributed by atoms with E-state index in [1.165, 1.54) is 0 Å². The van der Waals surface area contributed by atoms with Gasteiger partial charge >= 0.3 is 6.09 Å². The van der Waals surface area contributed by atoms with Gasteiger partial charge in [-0.2, -0.15) is 5.10 Å². The minimum atomic E-state index is -1.53. The Kier molecular flexibility index (Phi) is 5.32. The van der Waals surface area contributed by atoms with Gasteiger partial charge in [0.15, 0.2) is 18.1 Å². The lowest BCUT2D eigenvalue weighted by Crippen LogP contribution is -2.39. The molecule has 3 N–H and O–H groups in total. The summed E-state index contributed by atoms with van der Waals surface area (Å²) in [7, 11) is 0. The van der Waals surface area contributed by atoms with Crippen LogP contribution >= 0.6 is 0 Å². The van der Waals surface area contributed by atoms with Gasteiger partial charge in [0, 0.05) is 47.5 Å². The van der Waals surface area contributed by atoms with Crippen LogP contribution in [0.5, 0.6) is 0 Å². The average molecular weight is 493 g/mol. The van der Waals surface area contributed by atoms with E-state index < -0.39 is 24.5 Å². The van der Waals surface area contributed by atoms with Gasteiger partial charge in [-0.05, 0) is 32.8 Å². The number of alkyl halides is 1. The molecule has 2 aliphatic rings. The molecule has 0 unspecified atom stereocenters. The molecular formula is C24H25FN8O3. The second-order valence-corrected chi connectivity index (χ2v) is 9.42. The number of H-pyrrole nitrogens is 1. The summed E-state index contributed by atoms with van der Waals surface area (Å²) in [5.41, 5.74) is 3.46. The van der Waals surface area contributed by atoms with E-state index in [0.29, 0.717) is 17.5 Å². The summed E-state index contributed by atoms with van der Waals surface area (Å²) in [6.07, 6.45) is 4.67. The Bertz CT molecular complexity index is 1420. The summed E-state index contributed by atoms with van der Waals surface area (Å²) in [5.74, 6) is 0.932. The van der Waals surface area contributed by atoms with E-state index >= 15 is 4.39 Å². The molecule has 0 radical (unpaired) electrons. The van der Waals surface area contributed by atoms with Crippen molar-refractivity contribution >= 4 is 23.5 Å². The number of amides is 1. The van der Waals surface area contributed by atoms with Crippen molar-refractivity contribution in [1.29, 1.82) is 0 Å². The number of aromatic amines is 1. The van der Waals surface area contributed by atoms with Crippen molar-refractivity contribution in [2.24, 2.45) is 0 Å². The highest BCUT2D eigenvalue weighted by Crippen LogP contribution is 2.36. The average Bonchev–Trinajstić information content (AvgIpc) is 3.23. The molecule has 2 fully saturated rings. The first-order valence-electron chi connectivity index (χ1n) is 11.7. The van der Waals surface area contributed by atoms with Crippen molar-refractivity contribution < 1.29 is 18.7 Å². The third kappa shape index (κ3) is 4.13. The summed E-state index contributed by atoms with van der Waals surface area (Å²) in [6, 6.07) is 5.48. The molecule has 1 saturated carbocycles. The van der Waals surface area contributed by atoms with E-state index in [1.807, 2.05) is 30.4 Å². The molecule has 3 atom stereocenters. The van der Waals surface area contributed by atoms with Crippen LogP contribution in [0, 0.1) is 6.92 Å². The van der Waals surface area contributed by atoms with E-state index in [1.54, 1.807) is 30.9 Å². The predicted octanol–water partition coefficient (Wildman–Crippen LogP) is 3.62. The van der Waals surface area contributed by atoms with Crippen LogP contribution in [0.4, 0.5) is 21.0 Å². The van der Waals surface area contributed by atoms with Gasteiger partial charge in [0.1, 0.15) is 11.8 Å². The maximum Gasteiger partial charge on any atom is 0.408 e. The molecule has 0 aromatic carbocycles. The number of hydrogen-bond donors (Lipinski definition) is 3. The largest absolute Gasteiger partial charge is 0.441 e. The monoisotopic (exact) mass is 492 g/mol. The van der Waals surface area contributed by atoms with Crippen molar-refractivity contribution in [2.75, 3.05) is 11.9 Å². The summed E-state index contributed by atoms with van der Waals surface area (Å²) in [6.45, 7) is 3.79. The molecule has 6 rings (SSSR count). The Labute approximate surface area is 205 Å². The van der Waals surface area contributed by atoms with Crippen molar-refractivity contribution in [3.63, 3.8) is 0 Å². The van der Waals surface area contributed by atoms with Crippen molar-refractivity contribution in [1.82, 2.24) is 34.9 Å². The number of alkyl carbamates (subject to hydrolysis) is 1. The predicted molar refractivity (Wildman–Crippen MR) is 127 cm³/mol. The Morgan fingerprint density at radius 2 is 2.22 bits per heavy atom. The number of ether oxygens (including phenoxy) is 2. The Morgan fingerprint density at radius 3 is 3.00 bits per heavy atom. The summed E-state index contributed by atoms with van der Waals surface area (Å²) in [5, 5.41) is 13.0. The number of aromatic nitrogens is 6. The molecule has 1 amide bonds. The second-order valence-electron chi connectivity index (χ2n) is 9.42. The smallest absolute Gasteiger partial charge is 0.408 e. The number of pyridine rings is 1. The molecule has 1 saturated heterocycles. The van der Waals surface area contributed by atoms with E-state index in [4.69, 9.17) is 14.5 Å². The highest BCUT2D eigenvalue weighted by Gasteiger charge is 2.44. The van der Waals surface area contributed by atoms with Gasteiger partial charge in [0.25, 0.3) is 0 Å². The van der Waals surface area contributed by atoms with Crippen molar-refractivity contribution in [2.45, 2.75) is 50.6 Å². The molecular weight excluding hydrogens is 467 g/mol. The van der Waals surface area contributed by atoms with Gasteiger partial charge in [-0.25, -0.2) is 19.2 Å². The topological polar surface area (TPSA) is 131 Å². The number of rotatable bonds is 6. The van der Waals surface area contributed by atoms with Gasteiger partial charge in [0.2, 0.25) is 5.95 Å². The lowest BCUT2D eigenvalue weighted by molar-refractivity contribution is 0.0604. The first-order valence-corrected chi connectivity index (χ1v) is 11.7. The standard InChI is InChI=1S/C24H25FN8O3/c1-13-18(14-4-3-7-26-11-14)21-27-8-9-33(21)22(28-13)29-17-10-15(31-32-17)20-19(25)16(12-35-20)36-23(34)30-24(2)5-6-24/h3-4,7-11,16,19-20H,5-6,12H2,1-2H3,(H,30,34)(H2,28,29,31,32)/t16-,19-,20-/m0/s1.